The lowest BCUT2D eigenvalue weighted by Crippen LogP contribution is -1.91. The molecule has 0 aliphatic carbocycles. The lowest BCUT2D eigenvalue weighted by molar-refractivity contribution is 1.55. The van der Waals surface area contributed by atoms with E-state index in [2.05, 4.69) is 5.32 Å². The van der Waals surface area contributed by atoms with Gasteiger partial charge >= 0.3 is 0 Å². The molecule has 0 saturated carbocycles. The van der Waals surface area contributed by atoms with Crippen LogP contribution in [-0.2, 0) is 0 Å². The van der Waals surface area contributed by atoms with Crippen LogP contribution in [0.5, 0.6) is 0 Å². The van der Waals surface area contributed by atoms with Crippen molar-refractivity contribution in [1.82, 2.24) is 0 Å². The molecule has 0 saturated heterocycles. The first-order chi connectivity index (χ1) is 8.06. The number of nitrogens with one attached hydrogen (secondary N) is 1. The van der Waals surface area contributed by atoms with E-state index in [4.69, 9.17) is 46.4 Å². The lowest BCUT2D eigenvalue weighted by Gasteiger charge is -2.09. The number of rotatable bonds is 2. The van der Waals surface area contributed by atoms with Gasteiger partial charge in [-0.25, -0.2) is 0 Å². The highest BCUT2D eigenvalue weighted by molar-refractivity contribution is 6.42. The zero-order chi connectivity index (χ0) is 12.4. The molecule has 0 radical (unpaired) electrons. The molecule has 0 aromatic heterocycles. The second-order valence-electron chi connectivity index (χ2n) is 3.38. The van der Waals surface area contributed by atoms with Crippen molar-refractivity contribution in [2.75, 3.05) is 5.32 Å². The van der Waals surface area contributed by atoms with Gasteiger partial charge in [0.05, 0.1) is 20.8 Å². The maximum atomic E-state index is 6.04. The van der Waals surface area contributed by atoms with E-state index in [1.165, 1.54) is 0 Å². The minimum atomic E-state index is 0.488. The van der Waals surface area contributed by atoms with Crippen LogP contribution >= 0.6 is 46.4 Å². The molecule has 1 nitrogen and oxygen atoms in total. The van der Waals surface area contributed by atoms with E-state index in [0.717, 1.165) is 11.4 Å². The molecule has 0 spiro atoms. The Kier molecular flexibility index (Phi) is 4.05. The van der Waals surface area contributed by atoms with Gasteiger partial charge in [-0.2, -0.15) is 0 Å². The molecule has 2 aromatic carbocycles. The van der Waals surface area contributed by atoms with Crippen LogP contribution in [0.25, 0.3) is 0 Å². The van der Waals surface area contributed by atoms with Gasteiger partial charge in [-0.1, -0.05) is 46.4 Å². The van der Waals surface area contributed by atoms with Crippen molar-refractivity contribution in [3.8, 4) is 0 Å². The highest BCUT2D eigenvalue weighted by atomic mass is 35.5. The molecule has 17 heavy (non-hydrogen) atoms. The summed E-state index contributed by atoms with van der Waals surface area (Å²) in [5, 5.41) is 5.27. The molecule has 1 N–H and O–H groups in total. The Morgan fingerprint density at radius 3 is 2.12 bits per heavy atom. The zero-order valence-corrected chi connectivity index (χ0v) is 11.5. The van der Waals surface area contributed by atoms with Gasteiger partial charge < -0.3 is 5.32 Å². The molecule has 0 aliphatic rings. The molecule has 2 rings (SSSR count). The highest BCUT2D eigenvalue weighted by Crippen LogP contribution is 2.31. The van der Waals surface area contributed by atoms with Crippen LogP contribution in [0.4, 0.5) is 11.4 Å². The standard InChI is InChI=1S/C12H7Cl4N/c13-7-1-4-12(11(16)5-7)17-8-2-3-9(14)10(15)6-8/h1-6,17H. The minimum absolute atomic E-state index is 0.488. The summed E-state index contributed by atoms with van der Waals surface area (Å²) in [4.78, 5) is 0. The maximum absolute atomic E-state index is 6.04. The van der Waals surface area contributed by atoms with E-state index >= 15 is 0 Å². The van der Waals surface area contributed by atoms with Crippen molar-refractivity contribution < 1.29 is 0 Å². The summed E-state index contributed by atoms with van der Waals surface area (Å²) in [6.07, 6.45) is 0. The van der Waals surface area contributed by atoms with Crippen LogP contribution in [0, 0.1) is 0 Å². The predicted molar refractivity (Wildman–Crippen MR) is 76.2 cm³/mol. The van der Waals surface area contributed by atoms with Gasteiger partial charge in [0.25, 0.3) is 0 Å². The summed E-state index contributed by atoms with van der Waals surface area (Å²) >= 11 is 23.6. The fourth-order valence-electron chi connectivity index (χ4n) is 1.32. The van der Waals surface area contributed by atoms with Crippen LogP contribution in [-0.4, -0.2) is 0 Å². The van der Waals surface area contributed by atoms with Gasteiger partial charge in [-0.3, -0.25) is 0 Å². The van der Waals surface area contributed by atoms with E-state index in [9.17, 15) is 0 Å². The Hall–Kier alpha value is -0.600. The van der Waals surface area contributed by atoms with Crippen LogP contribution in [0.15, 0.2) is 36.4 Å². The van der Waals surface area contributed by atoms with Gasteiger partial charge in [0.1, 0.15) is 0 Å². The van der Waals surface area contributed by atoms with E-state index in [1.807, 2.05) is 6.07 Å². The molecule has 0 aliphatic heterocycles. The second-order valence-corrected chi connectivity index (χ2v) is 5.04. The third kappa shape index (κ3) is 3.20. The van der Waals surface area contributed by atoms with Crippen molar-refractivity contribution in [3.63, 3.8) is 0 Å². The van der Waals surface area contributed by atoms with Crippen LogP contribution in [0.1, 0.15) is 0 Å². The molecule has 88 valence electrons. The molecular weight excluding hydrogens is 300 g/mol. The number of hydrogen-bond donors (Lipinski definition) is 1. The quantitative estimate of drug-likeness (QED) is 0.712. The largest absolute Gasteiger partial charge is 0.354 e. The van der Waals surface area contributed by atoms with Crippen molar-refractivity contribution in [3.05, 3.63) is 56.5 Å². The number of halogens is 4. The summed E-state index contributed by atoms with van der Waals surface area (Å²) in [5.74, 6) is 0. The Balaban J connectivity index is 2.28. The first kappa shape index (κ1) is 12.8. The van der Waals surface area contributed by atoms with E-state index in [1.54, 1.807) is 30.3 Å². The normalized spacial score (nSPS) is 10.4. The average Bonchev–Trinajstić information content (AvgIpc) is 2.27. The van der Waals surface area contributed by atoms with Crippen LogP contribution < -0.4 is 5.32 Å². The Labute approximate surface area is 119 Å². The molecule has 0 bridgehead atoms. The molecule has 5 heteroatoms. The number of anilines is 2. The SMILES string of the molecule is Clc1ccc(Nc2ccc(Cl)c(Cl)c2)c(Cl)c1. The first-order valence-corrected chi connectivity index (χ1v) is 6.24. The van der Waals surface area contributed by atoms with E-state index in [0.29, 0.717) is 20.1 Å². The minimum Gasteiger partial charge on any atom is -0.354 e. The third-order valence-electron chi connectivity index (χ3n) is 2.13. The molecule has 0 heterocycles. The molecule has 2 aromatic rings. The van der Waals surface area contributed by atoms with Crippen molar-refractivity contribution in [2.45, 2.75) is 0 Å². The average molecular weight is 307 g/mol. The summed E-state index contributed by atoms with van der Waals surface area (Å²) in [6, 6.07) is 10.5. The summed E-state index contributed by atoms with van der Waals surface area (Å²) in [6.45, 7) is 0. The maximum Gasteiger partial charge on any atom is 0.0655 e. The van der Waals surface area contributed by atoms with Gasteiger partial charge in [-0.05, 0) is 36.4 Å². The zero-order valence-electron chi connectivity index (χ0n) is 8.48. The van der Waals surface area contributed by atoms with Crippen molar-refractivity contribution in [1.29, 1.82) is 0 Å². The smallest absolute Gasteiger partial charge is 0.0655 e. The fraction of sp³-hybridized carbons (Fsp3) is 0. The van der Waals surface area contributed by atoms with E-state index in [-0.39, 0.29) is 0 Å². The molecule has 0 unspecified atom stereocenters. The van der Waals surface area contributed by atoms with Crippen LogP contribution in [0.3, 0.4) is 0 Å². The van der Waals surface area contributed by atoms with Gasteiger partial charge in [0.15, 0.2) is 0 Å². The van der Waals surface area contributed by atoms with E-state index < -0.39 is 0 Å². The van der Waals surface area contributed by atoms with Gasteiger partial charge in [0, 0.05) is 10.7 Å². The molecular formula is C12H7Cl4N. The Bertz CT molecular complexity index is 554. The Morgan fingerprint density at radius 1 is 0.706 bits per heavy atom. The molecule has 0 fully saturated rings. The topological polar surface area (TPSA) is 12.0 Å². The second kappa shape index (κ2) is 5.36. The number of hydrogen-bond acceptors (Lipinski definition) is 1. The fourth-order valence-corrected chi connectivity index (χ4v) is 2.07. The summed E-state index contributed by atoms with van der Waals surface area (Å²) in [7, 11) is 0. The highest BCUT2D eigenvalue weighted by Gasteiger charge is 2.03. The first-order valence-electron chi connectivity index (χ1n) is 4.73. The van der Waals surface area contributed by atoms with Crippen molar-refractivity contribution in [2.24, 2.45) is 0 Å². The molecule has 0 amide bonds. The van der Waals surface area contributed by atoms with Gasteiger partial charge in [-0.15, -0.1) is 0 Å². The van der Waals surface area contributed by atoms with Crippen molar-refractivity contribution >= 4 is 57.8 Å². The Morgan fingerprint density at radius 2 is 1.47 bits per heavy atom. The number of benzene rings is 2. The lowest BCUT2D eigenvalue weighted by atomic mass is 10.2. The predicted octanol–water partition coefficient (Wildman–Crippen LogP) is 6.04. The molecule has 0 atom stereocenters. The summed E-state index contributed by atoms with van der Waals surface area (Å²) < 4.78 is 0. The van der Waals surface area contributed by atoms with Gasteiger partial charge in [0.2, 0.25) is 0 Å². The summed E-state index contributed by atoms with van der Waals surface area (Å²) in [5.41, 5.74) is 1.57. The third-order valence-corrected chi connectivity index (χ3v) is 3.42. The van der Waals surface area contributed by atoms with Crippen LogP contribution in [0.2, 0.25) is 20.1 Å². The monoisotopic (exact) mass is 305 g/mol.